The minimum Gasteiger partial charge on any atom is -0.448 e. The first-order chi connectivity index (χ1) is 14.7. The smallest absolute Gasteiger partial charge is 0.287 e. The van der Waals surface area contributed by atoms with Gasteiger partial charge in [0.2, 0.25) is 0 Å². The van der Waals surface area contributed by atoms with Crippen LogP contribution in [0.2, 0.25) is 0 Å². The molecule has 0 aliphatic rings. The van der Waals surface area contributed by atoms with Crippen LogP contribution in [0.5, 0.6) is 0 Å². The third-order valence-corrected chi connectivity index (χ3v) is 5.48. The number of nitrogens with zero attached hydrogens (tertiary/aromatic N) is 5. The second kappa shape index (κ2) is 7.56. The number of amides is 1. The van der Waals surface area contributed by atoms with Crippen molar-refractivity contribution < 1.29 is 9.21 Å². The number of benzene rings is 1. The van der Waals surface area contributed by atoms with Gasteiger partial charge in [-0.3, -0.25) is 4.79 Å². The van der Waals surface area contributed by atoms with Crippen LogP contribution < -0.4 is 10.6 Å². The third-order valence-electron chi connectivity index (χ3n) is 4.43. The molecule has 2 N–H and O–H groups in total. The summed E-state index contributed by atoms with van der Waals surface area (Å²) in [4.78, 5) is 25.4. The largest absolute Gasteiger partial charge is 0.448 e. The van der Waals surface area contributed by atoms with Gasteiger partial charge >= 0.3 is 0 Å². The van der Waals surface area contributed by atoms with Crippen LogP contribution in [0.3, 0.4) is 0 Å². The number of para-hydroxylation sites is 1. The summed E-state index contributed by atoms with van der Waals surface area (Å²) in [5.41, 5.74) is 1.75. The molecule has 150 valence electrons. The SMILES string of the molecule is Cc1cc(NCCNC(=O)c2ccc(-c3nc4ccccc4s3)o2)n2ncnc2n1. The van der Waals surface area contributed by atoms with Gasteiger partial charge in [0.05, 0.1) is 10.2 Å². The number of thiazole rings is 1. The average Bonchev–Trinajstić information content (AvgIpc) is 3.49. The zero-order valence-corrected chi connectivity index (χ0v) is 16.8. The van der Waals surface area contributed by atoms with Crippen molar-refractivity contribution in [2.45, 2.75) is 6.92 Å². The van der Waals surface area contributed by atoms with Crippen LogP contribution in [-0.2, 0) is 0 Å². The number of aromatic nitrogens is 5. The highest BCUT2D eigenvalue weighted by Gasteiger charge is 2.14. The monoisotopic (exact) mass is 419 g/mol. The van der Waals surface area contributed by atoms with Crippen molar-refractivity contribution in [3.05, 3.63) is 60.2 Å². The molecular formula is C20H17N7O2S. The molecule has 5 rings (SSSR count). The lowest BCUT2D eigenvalue weighted by Crippen LogP contribution is -2.28. The van der Waals surface area contributed by atoms with E-state index in [4.69, 9.17) is 4.42 Å². The summed E-state index contributed by atoms with van der Waals surface area (Å²) in [7, 11) is 0. The first-order valence-electron chi connectivity index (χ1n) is 9.32. The predicted molar refractivity (Wildman–Crippen MR) is 114 cm³/mol. The van der Waals surface area contributed by atoms with Crippen molar-refractivity contribution in [2.75, 3.05) is 18.4 Å². The standard InChI is InChI=1S/C20H17N7O2S/c1-12-10-17(27-20(25-12)23-11-24-27)21-8-9-22-18(28)14-6-7-15(29-14)19-26-13-4-2-3-5-16(13)30-19/h2-7,10-11,21H,8-9H2,1H3,(H,22,28). The number of carbonyl (C=O) groups excluding carboxylic acids is 1. The van der Waals surface area contributed by atoms with Crippen LogP contribution in [0.25, 0.3) is 26.8 Å². The first kappa shape index (κ1) is 18.3. The van der Waals surface area contributed by atoms with Gasteiger partial charge in [-0.1, -0.05) is 12.1 Å². The molecule has 30 heavy (non-hydrogen) atoms. The first-order valence-corrected chi connectivity index (χ1v) is 10.1. The van der Waals surface area contributed by atoms with Gasteiger partial charge in [-0.2, -0.15) is 14.6 Å². The number of hydrogen-bond acceptors (Lipinski definition) is 8. The van der Waals surface area contributed by atoms with Crippen molar-refractivity contribution in [1.82, 2.24) is 29.9 Å². The Balaban J connectivity index is 1.20. The van der Waals surface area contributed by atoms with Crippen LogP contribution in [0.15, 0.2) is 53.2 Å². The molecule has 0 saturated heterocycles. The number of nitrogens with one attached hydrogen (secondary N) is 2. The Hall–Kier alpha value is -3.79. The van der Waals surface area contributed by atoms with E-state index in [0.717, 1.165) is 26.7 Å². The van der Waals surface area contributed by atoms with Crippen molar-refractivity contribution in [1.29, 1.82) is 0 Å². The Labute approximate surface area is 174 Å². The van der Waals surface area contributed by atoms with Gasteiger partial charge in [0.25, 0.3) is 11.7 Å². The number of hydrogen-bond donors (Lipinski definition) is 2. The molecule has 9 nitrogen and oxygen atoms in total. The Morgan fingerprint density at radius 1 is 1.17 bits per heavy atom. The fourth-order valence-electron chi connectivity index (χ4n) is 3.06. The molecule has 1 aromatic carbocycles. The second-order valence-electron chi connectivity index (χ2n) is 6.59. The number of carbonyl (C=O) groups is 1. The van der Waals surface area contributed by atoms with Gasteiger partial charge in [-0.25, -0.2) is 9.97 Å². The van der Waals surface area contributed by atoms with E-state index >= 15 is 0 Å². The van der Waals surface area contributed by atoms with Gasteiger partial charge in [0.15, 0.2) is 16.5 Å². The molecule has 0 aliphatic heterocycles. The van der Waals surface area contributed by atoms with Crippen molar-refractivity contribution in [3.63, 3.8) is 0 Å². The molecule has 10 heteroatoms. The molecule has 0 aliphatic carbocycles. The number of furan rings is 1. The van der Waals surface area contributed by atoms with Gasteiger partial charge in [0.1, 0.15) is 12.1 Å². The lowest BCUT2D eigenvalue weighted by molar-refractivity contribution is 0.0928. The number of aryl methyl sites for hydroxylation is 1. The van der Waals surface area contributed by atoms with E-state index in [0.29, 0.717) is 24.6 Å². The third kappa shape index (κ3) is 3.48. The van der Waals surface area contributed by atoms with Gasteiger partial charge < -0.3 is 15.1 Å². The normalized spacial score (nSPS) is 11.2. The van der Waals surface area contributed by atoms with E-state index in [1.165, 1.54) is 17.7 Å². The summed E-state index contributed by atoms with van der Waals surface area (Å²) in [5.74, 6) is 1.85. The summed E-state index contributed by atoms with van der Waals surface area (Å²) >= 11 is 1.53. The lowest BCUT2D eigenvalue weighted by atomic mass is 10.3. The molecule has 0 bridgehead atoms. The highest BCUT2D eigenvalue weighted by molar-refractivity contribution is 7.21. The molecule has 0 unspecified atom stereocenters. The average molecular weight is 419 g/mol. The molecular weight excluding hydrogens is 402 g/mol. The maximum atomic E-state index is 12.4. The van der Waals surface area contributed by atoms with Crippen LogP contribution >= 0.6 is 11.3 Å². The summed E-state index contributed by atoms with van der Waals surface area (Å²) < 4.78 is 8.42. The Morgan fingerprint density at radius 3 is 2.97 bits per heavy atom. The Morgan fingerprint density at radius 2 is 2.07 bits per heavy atom. The van der Waals surface area contributed by atoms with Crippen LogP contribution in [0, 0.1) is 6.92 Å². The van der Waals surface area contributed by atoms with E-state index in [2.05, 4.69) is 30.7 Å². The van der Waals surface area contributed by atoms with E-state index in [-0.39, 0.29) is 11.7 Å². The van der Waals surface area contributed by atoms with Gasteiger partial charge in [0, 0.05) is 24.8 Å². The minimum atomic E-state index is -0.277. The van der Waals surface area contributed by atoms with E-state index in [1.807, 2.05) is 37.3 Å². The quantitative estimate of drug-likeness (QED) is 0.407. The van der Waals surface area contributed by atoms with E-state index in [1.54, 1.807) is 16.6 Å². The molecule has 0 saturated carbocycles. The zero-order chi connectivity index (χ0) is 20.5. The lowest BCUT2D eigenvalue weighted by Gasteiger charge is -2.09. The fraction of sp³-hybridized carbons (Fsp3) is 0.150. The van der Waals surface area contributed by atoms with Crippen molar-refractivity contribution in [2.24, 2.45) is 0 Å². The van der Waals surface area contributed by atoms with Crippen molar-refractivity contribution in [3.8, 4) is 10.8 Å². The fourth-order valence-corrected chi connectivity index (χ4v) is 3.99. The number of anilines is 1. The number of fused-ring (bicyclic) bond motifs is 2. The number of rotatable bonds is 6. The predicted octanol–water partition coefficient (Wildman–Crippen LogP) is 3.14. The van der Waals surface area contributed by atoms with Crippen LogP contribution in [0.4, 0.5) is 5.82 Å². The molecule has 5 aromatic rings. The zero-order valence-electron chi connectivity index (χ0n) is 16.0. The summed E-state index contributed by atoms with van der Waals surface area (Å²) in [6, 6.07) is 13.2. The highest BCUT2D eigenvalue weighted by atomic mass is 32.1. The van der Waals surface area contributed by atoms with Crippen LogP contribution in [-0.4, -0.2) is 43.6 Å². The summed E-state index contributed by atoms with van der Waals surface area (Å²) in [6.45, 7) is 2.81. The Kier molecular flexibility index (Phi) is 4.60. The highest BCUT2D eigenvalue weighted by Crippen LogP contribution is 2.31. The molecule has 1 amide bonds. The molecule has 0 spiro atoms. The summed E-state index contributed by atoms with van der Waals surface area (Å²) in [5, 5.41) is 11.0. The minimum absolute atomic E-state index is 0.252. The van der Waals surface area contributed by atoms with E-state index in [9.17, 15) is 4.79 Å². The summed E-state index contributed by atoms with van der Waals surface area (Å²) in [6.07, 6.45) is 1.45. The maximum absolute atomic E-state index is 12.4. The van der Waals surface area contributed by atoms with Crippen LogP contribution in [0.1, 0.15) is 16.2 Å². The molecule has 4 aromatic heterocycles. The Bertz CT molecular complexity index is 1320. The van der Waals surface area contributed by atoms with Gasteiger partial charge in [-0.15, -0.1) is 11.3 Å². The van der Waals surface area contributed by atoms with E-state index < -0.39 is 0 Å². The molecule has 0 atom stereocenters. The molecule has 0 fully saturated rings. The maximum Gasteiger partial charge on any atom is 0.287 e. The molecule has 4 heterocycles. The van der Waals surface area contributed by atoms with Gasteiger partial charge in [-0.05, 0) is 31.2 Å². The molecule has 0 radical (unpaired) electrons. The topological polar surface area (TPSA) is 110 Å². The second-order valence-corrected chi connectivity index (χ2v) is 7.62. The van der Waals surface area contributed by atoms with Crippen molar-refractivity contribution >= 4 is 39.1 Å².